The van der Waals surface area contributed by atoms with E-state index in [9.17, 15) is 14.6 Å². The Hall–Kier alpha value is -0.0100. The molecule has 7 nitrogen and oxygen atoms in total. The lowest BCUT2D eigenvalue weighted by Crippen LogP contribution is -2.37. The molecule has 1 unspecified atom stereocenters. The van der Waals surface area contributed by atoms with Crippen LogP contribution >= 0.6 is 7.82 Å². The first kappa shape index (κ1) is 30.0. The third-order valence-corrected chi connectivity index (χ3v) is 5.88. The Morgan fingerprint density at radius 1 is 0.767 bits per heavy atom. The van der Waals surface area contributed by atoms with Crippen LogP contribution in [0.3, 0.4) is 0 Å². The highest BCUT2D eigenvalue weighted by molar-refractivity contribution is 7.47. The summed E-state index contributed by atoms with van der Waals surface area (Å²) in [5.41, 5.74) is 0. The molecule has 0 spiro atoms. The molecule has 0 aromatic heterocycles. The molecular formula is C22H49NO6P+. The average Bonchev–Trinajstić information content (AvgIpc) is 2.65. The first-order chi connectivity index (χ1) is 14.2. The highest BCUT2D eigenvalue weighted by Crippen LogP contribution is 2.43. The molecule has 0 aliphatic heterocycles. The average molecular weight is 455 g/mol. The largest absolute Gasteiger partial charge is 0.472 e. The third kappa shape index (κ3) is 22.7. The van der Waals surface area contributed by atoms with Crippen molar-refractivity contribution in [3.63, 3.8) is 0 Å². The van der Waals surface area contributed by atoms with Gasteiger partial charge < -0.3 is 19.2 Å². The van der Waals surface area contributed by atoms with Crippen molar-refractivity contribution in [2.45, 2.75) is 90.1 Å². The van der Waals surface area contributed by atoms with Crippen LogP contribution in [0.2, 0.25) is 0 Å². The number of hydrogen-bond acceptors (Lipinski definition) is 5. The fourth-order valence-electron chi connectivity index (χ4n) is 2.96. The van der Waals surface area contributed by atoms with Gasteiger partial charge in [0.15, 0.2) is 0 Å². The second kappa shape index (κ2) is 18.6. The first-order valence-electron chi connectivity index (χ1n) is 11.8. The van der Waals surface area contributed by atoms with Crippen molar-refractivity contribution >= 4 is 7.82 Å². The molecule has 0 aromatic carbocycles. The Morgan fingerprint density at radius 3 is 1.77 bits per heavy atom. The van der Waals surface area contributed by atoms with Crippen molar-refractivity contribution in [2.24, 2.45) is 0 Å². The van der Waals surface area contributed by atoms with Crippen molar-refractivity contribution < 1.29 is 32.8 Å². The van der Waals surface area contributed by atoms with Crippen LogP contribution in [0.15, 0.2) is 0 Å². The van der Waals surface area contributed by atoms with Crippen LogP contribution in [0, 0.1) is 0 Å². The number of aliphatic hydroxyl groups is 1. The van der Waals surface area contributed by atoms with Gasteiger partial charge in [-0.05, 0) is 6.42 Å². The quantitative estimate of drug-likeness (QED) is 0.137. The van der Waals surface area contributed by atoms with Crippen molar-refractivity contribution in [3.05, 3.63) is 0 Å². The van der Waals surface area contributed by atoms with Crippen LogP contribution in [0.5, 0.6) is 0 Å². The first-order valence-corrected chi connectivity index (χ1v) is 13.3. The number of phosphoric acid groups is 1. The lowest BCUT2D eigenvalue weighted by Gasteiger charge is -2.24. The predicted octanol–water partition coefficient (Wildman–Crippen LogP) is 4.90. The Kier molecular flexibility index (Phi) is 18.5. The Morgan fingerprint density at radius 2 is 1.27 bits per heavy atom. The van der Waals surface area contributed by atoms with Gasteiger partial charge in [-0.25, -0.2) is 4.57 Å². The van der Waals surface area contributed by atoms with Crippen LogP contribution in [0.4, 0.5) is 0 Å². The van der Waals surface area contributed by atoms with Gasteiger partial charge in [0.1, 0.15) is 19.3 Å². The Balaban J connectivity index is 3.44. The van der Waals surface area contributed by atoms with E-state index in [4.69, 9.17) is 13.8 Å². The zero-order valence-electron chi connectivity index (χ0n) is 20.0. The number of phosphoric ester groups is 1. The molecule has 30 heavy (non-hydrogen) atoms. The van der Waals surface area contributed by atoms with E-state index in [0.29, 0.717) is 17.6 Å². The summed E-state index contributed by atoms with van der Waals surface area (Å²) in [6.45, 7) is 3.35. The molecule has 0 radical (unpaired) electrons. The fourth-order valence-corrected chi connectivity index (χ4v) is 3.71. The summed E-state index contributed by atoms with van der Waals surface area (Å²) in [7, 11) is 1.76. The molecule has 0 saturated carbocycles. The van der Waals surface area contributed by atoms with Gasteiger partial charge in [0.05, 0.1) is 34.4 Å². The minimum Gasteiger partial charge on any atom is -0.388 e. The zero-order chi connectivity index (χ0) is 22.7. The van der Waals surface area contributed by atoms with Crippen LogP contribution in [0.25, 0.3) is 0 Å². The summed E-state index contributed by atoms with van der Waals surface area (Å²) < 4.78 is 27.5. The second-order valence-corrected chi connectivity index (χ2v) is 10.7. The highest BCUT2D eigenvalue weighted by Gasteiger charge is 2.24. The molecule has 2 N–H and O–H groups in total. The number of ether oxygens (including phenoxy) is 1. The molecule has 0 amide bonds. The van der Waals surface area contributed by atoms with E-state index < -0.39 is 13.9 Å². The third-order valence-electron chi connectivity index (χ3n) is 4.90. The van der Waals surface area contributed by atoms with Crippen LogP contribution in [-0.4, -0.2) is 74.7 Å². The topological polar surface area (TPSA) is 85.2 Å². The summed E-state index contributed by atoms with van der Waals surface area (Å²) in [5.74, 6) is 0. The van der Waals surface area contributed by atoms with Crippen molar-refractivity contribution in [1.82, 2.24) is 0 Å². The predicted molar refractivity (Wildman–Crippen MR) is 123 cm³/mol. The van der Waals surface area contributed by atoms with Gasteiger partial charge in [0.2, 0.25) is 0 Å². The molecule has 0 aliphatic carbocycles. The maximum Gasteiger partial charge on any atom is 0.472 e. The van der Waals surface area contributed by atoms with Gasteiger partial charge >= 0.3 is 7.82 Å². The molecule has 2 atom stereocenters. The van der Waals surface area contributed by atoms with E-state index >= 15 is 0 Å². The summed E-state index contributed by atoms with van der Waals surface area (Å²) >= 11 is 0. The molecule has 182 valence electrons. The summed E-state index contributed by atoms with van der Waals surface area (Å²) in [6.07, 6.45) is 14.6. The normalized spacial score (nSPS) is 15.3. The number of quaternary nitrogens is 1. The Bertz CT molecular complexity index is 430. The second-order valence-electron chi connectivity index (χ2n) is 9.23. The SMILES string of the molecule is CCCCCCCCCCCCCCOC[C@@H](O)COP(=O)(O)OCC[N+](C)(C)C. The number of likely N-dealkylation sites (N-methyl/N-ethyl adjacent to an activating group) is 1. The smallest absolute Gasteiger partial charge is 0.388 e. The molecule has 0 saturated heterocycles. The summed E-state index contributed by atoms with van der Waals surface area (Å²) in [4.78, 5) is 9.61. The van der Waals surface area contributed by atoms with E-state index in [2.05, 4.69) is 6.92 Å². The van der Waals surface area contributed by atoms with E-state index in [0.717, 1.165) is 12.8 Å². The number of nitrogens with zero attached hydrogens (tertiary/aromatic N) is 1. The summed E-state index contributed by atoms with van der Waals surface area (Å²) in [5, 5.41) is 9.82. The highest BCUT2D eigenvalue weighted by atomic mass is 31.2. The van der Waals surface area contributed by atoms with Crippen LogP contribution in [0.1, 0.15) is 84.0 Å². The van der Waals surface area contributed by atoms with Gasteiger partial charge in [-0.2, -0.15) is 0 Å². The molecule has 0 fully saturated rings. The molecule has 0 heterocycles. The minimum absolute atomic E-state index is 0.0942. The Labute approximate surface area is 185 Å². The maximum atomic E-state index is 11.8. The minimum atomic E-state index is -4.13. The van der Waals surface area contributed by atoms with E-state index in [1.54, 1.807) is 0 Å². The molecule has 0 bridgehead atoms. The lowest BCUT2D eigenvalue weighted by molar-refractivity contribution is -0.870. The van der Waals surface area contributed by atoms with E-state index in [-0.39, 0.29) is 19.8 Å². The lowest BCUT2D eigenvalue weighted by atomic mass is 10.1. The standard InChI is InChI=1S/C22H48NO6P/c1-5-6-7-8-9-10-11-12-13-14-15-16-18-27-20-22(24)21-29-30(25,26)28-19-17-23(2,3)4/h22,24H,5-21H2,1-4H3/p+1/t22-/m1/s1. The van der Waals surface area contributed by atoms with E-state index in [1.807, 2.05) is 21.1 Å². The van der Waals surface area contributed by atoms with Crippen LogP contribution < -0.4 is 0 Å². The van der Waals surface area contributed by atoms with Crippen LogP contribution in [-0.2, 0) is 18.3 Å². The number of aliphatic hydroxyl groups excluding tert-OH is 1. The van der Waals surface area contributed by atoms with Gasteiger partial charge in [-0.1, -0.05) is 77.6 Å². The molecule has 0 rings (SSSR count). The molecule has 8 heteroatoms. The summed E-state index contributed by atoms with van der Waals surface area (Å²) in [6, 6.07) is 0. The van der Waals surface area contributed by atoms with Gasteiger partial charge in [-0.3, -0.25) is 9.05 Å². The molecule has 0 aromatic rings. The molecule has 0 aliphatic rings. The van der Waals surface area contributed by atoms with Gasteiger partial charge in [0.25, 0.3) is 0 Å². The number of rotatable bonds is 22. The maximum absolute atomic E-state index is 11.8. The van der Waals surface area contributed by atoms with Gasteiger partial charge in [-0.15, -0.1) is 0 Å². The van der Waals surface area contributed by atoms with E-state index in [1.165, 1.54) is 64.2 Å². The molecular weight excluding hydrogens is 405 g/mol. The monoisotopic (exact) mass is 454 g/mol. The van der Waals surface area contributed by atoms with Gasteiger partial charge in [0, 0.05) is 6.61 Å². The fraction of sp³-hybridized carbons (Fsp3) is 1.00. The van der Waals surface area contributed by atoms with Crippen molar-refractivity contribution in [2.75, 3.05) is 54.1 Å². The number of unbranched alkanes of at least 4 members (excludes halogenated alkanes) is 11. The zero-order valence-corrected chi connectivity index (χ0v) is 20.9. The number of hydrogen-bond donors (Lipinski definition) is 2. The van der Waals surface area contributed by atoms with Crippen molar-refractivity contribution in [1.29, 1.82) is 0 Å². The van der Waals surface area contributed by atoms with Crippen molar-refractivity contribution in [3.8, 4) is 0 Å².